The number of ether oxygens (including phenoxy) is 1. The lowest BCUT2D eigenvalue weighted by Crippen LogP contribution is -2.48. The van der Waals surface area contributed by atoms with Gasteiger partial charge in [-0.3, -0.25) is 9.59 Å². The van der Waals surface area contributed by atoms with Crippen molar-refractivity contribution in [1.82, 2.24) is 5.32 Å². The molecule has 2 aromatic carbocycles. The molecule has 7 nitrogen and oxygen atoms in total. The minimum absolute atomic E-state index is 0.142. The van der Waals surface area contributed by atoms with Gasteiger partial charge in [-0.25, -0.2) is 4.79 Å². The van der Waals surface area contributed by atoms with E-state index >= 15 is 0 Å². The van der Waals surface area contributed by atoms with Gasteiger partial charge in [-0.05, 0) is 31.0 Å². The van der Waals surface area contributed by atoms with Gasteiger partial charge in [-0.15, -0.1) is 0 Å². The number of carbonyl (C=O) groups is 3. The molecule has 3 N–H and O–H groups in total. The average molecular weight is 371 g/mol. The lowest BCUT2D eigenvalue weighted by atomic mass is 10.00. The van der Waals surface area contributed by atoms with Crippen molar-refractivity contribution in [3.63, 3.8) is 0 Å². The summed E-state index contributed by atoms with van der Waals surface area (Å²) in [5.74, 6) is -2.27. The number of aliphatic hydroxyl groups excluding tert-OH is 1. The second kappa shape index (κ2) is 8.95. The van der Waals surface area contributed by atoms with E-state index in [4.69, 9.17) is 9.84 Å². The fourth-order valence-electron chi connectivity index (χ4n) is 2.65. The van der Waals surface area contributed by atoms with Crippen molar-refractivity contribution in [3.8, 4) is 5.75 Å². The number of carbonyl (C=O) groups excluding carboxylic acids is 2. The molecule has 0 saturated carbocycles. The third-order valence-electron chi connectivity index (χ3n) is 4.03. The first-order chi connectivity index (χ1) is 12.8. The monoisotopic (exact) mass is 371 g/mol. The van der Waals surface area contributed by atoms with Crippen molar-refractivity contribution >= 4 is 17.8 Å². The zero-order chi connectivity index (χ0) is 20.0. The molecule has 0 aliphatic heterocycles. The van der Waals surface area contributed by atoms with E-state index in [1.165, 1.54) is 13.0 Å². The van der Waals surface area contributed by atoms with Crippen LogP contribution in [0.25, 0.3) is 0 Å². The first-order valence-corrected chi connectivity index (χ1v) is 8.33. The van der Waals surface area contributed by atoms with Crippen molar-refractivity contribution in [3.05, 3.63) is 65.2 Å². The van der Waals surface area contributed by atoms with Crippen LogP contribution < -0.4 is 10.1 Å². The highest BCUT2D eigenvalue weighted by atomic mass is 16.5. The molecule has 2 aromatic rings. The Morgan fingerprint density at radius 3 is 2.33 bits per heavy atom. The van der Waals surface area contributed by atoms with E-state index in [-0.39, 0.29) is 17.7 Å². The van der Waals surface area contributed by atoms with E-state index in [1.807, 2.05) is 6.07 Å². The third-order valence-corrected chi connectivity index (χ3v) is 4.03. The predicted molar refractivity (Wildman–Crippen MR) is 97.5 cm³/mol. The van der Waals surface area contributed by atoms with Crippen LogP contribution in [0.15, 0.2) is 48.5 Å². The summed E-state index contributed by atoms with van der Waals surface area (Å²) in [4.78, 5) is 35.1. The molecule has 0 radical (unpaired) electrons. The Hall–Kier alpha value is -3.19. The molecule has 0 heterocycles. The van der Waals surface area contributed by atoms with Gasteiger partial charge in [0.2, 0.25) is 0 Å². The maximum atomic E-state index is 12.7. The van der Waals surface area contributed by atoms with Crippen LogP contribution in [0, 0.1) is 6.92 Å². The normalized spacial score (nSPS) is 12.7. The van der Waals surface area contributed by atoms with Gasteiger partial charge in [0.05, 0.1) is 6.04 Å². The molecule has 27 heavy (non-hydrogen) atoms. The van der Waals surface area contributed by atoms with E-state index < -0.39 is 30.0 Å². The molecular formula is C20H21NO6. The fourth-order valence-corrected chi connectivity index (χ4v) is 2.65. The zero-order valence-electron chi connectivity index (χ0n) is 15.0. The van der Waals surface area contributed by atoms with Crippen LogP contribution in [-0.4, -0.2) is 40.2 Å². The summed E-state index contributed by atoms with van der Waals surface area (Å²) in [5, 5.41) is 21.7. The first kappa shape index (κ1) is 20.1. The Balaban J connectivity index is 2.25. The molecule has 0 aliphatic carbocycles. The molecule has 7 heteroatoms. The van der Waals surface area contributed by atoms with Gasteiger partial charge in [0.25, 0.3) is 5.91 Å². The molecule has 0 spiro atoms. The molecule has 2 atom stereocenters. The van der Waals surface area contributed by atoms with E-state index in [2.05, 4.69) is 5.32 Å². The van der Waals surface area contributed by atoms with Crippen LogP contribution in [0.5, 0.6) is 5.75 Å². The summed E-state index contributed by atoms with van der Waals surface area (Å²) in [6.45, 7) is 2.87. The maximum absolute atomic E-state index is 12.7. The van der Waals surface area contributed by atoms with Crippen LogP contribution in [0.1, 0.15) is 28.4 Å². The molecule has 2 rings (SSSR count). The van der Waals surface area contributed by atoms with E-state index in [9.17, 15) is 19.5 Å². The largest absolute Gasteiger partial charge is 0.479 e. The van der Waals surface area contributed by atoms with Crippen LogP contribution >= 0.6 is 0 Å². The smallest absolute Gasteiger partial charge is 0.334 e. The number of carboxylic acid groups (broad SMARTS) is 1. The predicted octanol–water partition coefficient (Wildman–Crippen LogP) is 1.71. The molecule has 1 amide bonds. The maximum Gasteiger partial charge on any atom is 0.334 e. The number of nitrogens with one attached hydrogen (secondary N) is 1. The lowest BCUT2D eigenvalue weighted by molar-refractivity contribution is -0.148. The highest BCUT2D eigenvalue weighted by Gasteiger charge is 2.28. The third kappa shape index (κ3) is 5.39. The molecule has 0 fully saturated rings. The fraction of sp³-hybridized carbons (Fsp3) is 0.250. The van der Waals surface area contributed by atoms with E-state index in [0.29, 0.717) is 5.56 Å². The Morgan fingerprint density at radius 2 is 1.74 bits per heavy atom. The molecule has 0 aromatic heterocycles. The Labute approximate surface area is 156 Å². The number of benzene rings is 2. The van der Waals surface area contributed by atoms with Crippen LogP contribution in [0.4, 0.5) is 0 Å². The second-order valence-electron chi connectivity index (χ2n) is 6.08. The van der Waals surface area contributed by atoms with Gasteiger partial charge in [-0.2, -0.15) is 0 Å². The van der Waals surface area contributed by atoms with Crippen LogP contribution in [-0.2, 0) is 16.0 Å². The number of esters is 1. The number of aliphatic carboxylic acids is 1. The highest BCUT2D eigenvalue weighted by Crippen LogP contribution is 2.22. The highest BCUT2D eigenvalue weighted by molar-refractivity contribution is 5.97. The Kier molecular flexibility index (Phi) is 6.67. The molecule has 0 aliphatic rings. The molecule has 142 valence electrons. The Morgan fingerprint density at radius 1 is 1.07 bits per heavy atom. The van der Waals surface area contributed by atoms with Gasteiger partial charge >= 0.3 is 11.9 Å². The summed E-state index contributed by atoms with van der Waals surface area (Å²) in [6.07, 6.45) is -1.63. The van der Waals surface area contributed by atoms with Gasteiger partial charge in [-0.1, -0.05) is 36.4 Å². The van der Waals surface area contributed by atoms with Gasteiger partial charge in [0.15, 0.2) is 6.10 Å². The summed E-state index contributed by atoms with van der Waals surface area (Å²) in [7, 11) is 0. The van der Waals surface area contributed by atoms with E-state index in [1.54, 1.807) is 43.3 Å². The van der Waals surface area contributed by atoms with Crippen LogP contribution in [0.3, 0.4) is 0 Å². The number of amides is 1. The first-order valence-electron chi connectivity index (χ1n) is 8.33. The van der Waals surface area contributed by atoms with Gasteiger partial charge < -0.3 is 20.3 Å². The minimum atomic E-state index is -1.77. The van der Waals surface area contributed by atoms with Gasteiger partial charge in [0, 0.05) is 18.1 Å². The van der Waals surface area contributed by atoms with Crippen molar-refractivity contribution < 1.29 is 29.3 Å². The summed E-state index contributed by atoms with van der Waals surface area (Å²) >= 11 is 0. The molecule has 0 saturated heterocycles. The Bertz CT molecular complexity index is 834. The van der Waals surface area contributed by atoms with Crippen molar-refractivity contribution in [1.29, 1.82) is 0 Å². The van der Waals surface area contributed by atoms with E-state index in [0.717, 1.165) is 5.56 Å². The molecular weight excluding hydrogens is 350 g/mol. The lowest BCUT2D eigenvalue weighted by Gasteiger charge is -2.22. The quantitative estimate of drug-likeness (QED) is 0.504. The zero-order valence-corrected chi connectivity index (χ0v) is 15.0. The minimum Gasteiger partial charge on any atom is -0.479 e. The number of carboxylic acids is 1. The number of hydrogen-bond donors (Lipinski definition) is 3. The summed E-state index contributed by atoms with van der Waals surface area (Å²) in [6, 6.07) is 12.6. The summed E-state index contributed by atoms with van der Waals surface area (Å²) < 4.78 is 5.06. The SMILES string of the molecule is CC(=O)Oc1cccc(C(=O)N[C@@H](Cc2ccccc2)[C@H](O)C(=O)O)c1C. The second-order valence-corrected chi connectivity index (χ2v) is 6.08. The van der Waals surface area contributed by atoms with Gasteiger partial charge in [0.1, 0.15) is 5.75 Å². The number of aliphatic hydroxyl groups is 1. The number of rotatable bonds is 7. The number of hydrogen-bond acceptors (Lipinski definition) is 5. The molecule has 0 bridgehead atoms. The average Bonchev–Trinajstić information content (AvgIpc) is 2.62. The topological polar surface area (TPSA) is 113 Å². The van der Waals surface area contributed by atoms with Crippen molar-refractivity contribution in [2.75, 3.05) is 0 Å². The molecule has 0 unspecified atom stereocenters. The summed E-state index contributed by atoms with van der Waals surface area (Å²) in [5.41, 5.74) is 1.44. The standard InChI is InChI=1S/C20H21NO6/c1-12-15(9-6-10-17(12)27-13(2)22)19(24)21-16(18(23)20(25)26)11-14-7-4-3-5-8-14/h3-10,16,18,23H,11H2,1-2H3,(H,21,24)(H,25,26)/t16-,18-/m0/s1. The van der Waals surface area contributed by atoms with Crippen molar-refractivity contribution in [2.45, 2.75) is 32.4 Å². The van der Waals surface area contributed by atoms with Crippen LogP contribution in [0.2, 0.25) is 0 Å². The van der Waals surface area contributed by atoms with Crippen molar-refractivity contribution in [2.24, 2.45) is 0 Å².